The summed E-state index contributed by atoms with van der Waals surface area (Å²) >= 11 is 0. The third kappa shape index (κ3) is 5.16. The molecular formula is C21H28O8. The minimum Gasteiger partial charge on any atom is -0.463 e. The van der Waals surface area contributed by atoms with E-state index >= 15 is 0 Å². The molecule has 160 valence electrons. The Bertz CT molecular complexity index is 630. The van der Waals surface area contributed by atoms with Crippen molar-refractivity contribution in [3.8, 4) is 0 Å². The van der Waals surface area contributed by atoms with Gasteiger partial charge in [-0.2, -0.15) is 0 Å². The van der Waals surface area contributed by atoms with Gasteiger partial charge < -0.3 is 23.7 Å². The zero-order valence-corrected chi connectivity index (χ0v) is 16.5. The zero-order valence-electron chi connectivity index (χ0n) is 16.5. The van der Waals surface area contributed by atoms with E-state index in [0.29, 0.717) is 44.5 Å². The molecule has 2 aliphatic carbocycles. The van der Waals surface area contributed by atoms with E-state index in [2.05, 4.69) is 0 Å². The van der Waals surface area contributed by atoms with Gasteiger partial charge in [0.25, 0.3) is 0 Å². The predicted octanol–water partition coefficient (Wildman–Crippen LogP) is 0.897. The highest BCUT2D eigenvalue weighted by Gasteiger charge is 2.50. The minimum absolute atomic E-state index is 0.00358. The van der Waals surface area contributed by atoms with E-state index < -0.39 is 11.8 Å². The smallest absolute Gasteiger partial charge is 0.309 e. The van der Waals surface area contributed by atoms with Crippen LogP contribution in [0.25, 0.3) is 0 Å². The summed E-state index contributed by atoms with van der Waals surface area (Å²) in [6, 6.07) is 0. The van der Waals surface area contributed by atoms with Gasteiger partial charge in [-0.1, -0.05) is 0 Å². The molecule has 3 heterocycles. The van der Waals surface area contributed by atoms with Crippen LogP contribution in [0, 0.1) is 29.6 Å². The van der Waals surface area contributed by atoms with E-state index in [0.717, 1.165) is 19.4 Å². The van der Waals surface area contributed by atoms with Gasteiger partial charge in [0.1, 0.15) is 31.2 Å². The summed E-state index contributed by atoms with van der Waals surface area (Å²) in [5.41, 5.74) is 0. The summed E-state index contributed by atoms with van der Waals surface area (Å²) in [6.07, 6.45) is 3.46. The molecule has 5 rings (SSSR count). The van der Waals surface area contributed by atoms with Crippen LogP contribution >= 0.6 is 0 Å². The number of epoxide rings is 3. The molecule has 29 heavy (non-hydrogen) atoms. The second-order valence-corrected chi connectivity index (χ2v) is 9.16. The Morgan fingerprint density at radius 3 is 1.66 bits per heavy atom. The van der Waals surface area contributed by atoms with Crippen LogP contribution in [0.2, 0.25) is 0 Å². The number of rotatable bonds is 10. The molecule has 3 aliphatic heterocycles. The number of ketones is 1. The number of carbonyl (C=O) groups is 3. The Hall–Kier alpha value is -1.51. The van der Waals surface area contributed by atoms with Gasteiger partial charge in [-0.05, 0) is 38.0 Å². The molecule has 8 nitrogen and oxygen atoms in total. The fourth-order valence-corrected chi connectivity index (χ4v) is 4.55. The molecule has 5 fully saturated rings. The number of hydrogen-bond donors (Lipinski definition) is 0. The minimum atomic E-state index is -0.449. The highest BCUT2D eigenvalue weighted by Crippen LogP contribution is 2.48. The molecule has 0 amide bonds. The third-order valence-electron chi connectivity index (χ3n) is 6.66. The average molecular weight is 408 g/mol. The molecule has 0 N–H and O–H groups in total. The van der Waals surface area contributed by atoms with Crippen molar-refractivity contribution < 1.29 is 38.1 Å². The SMILES string of the molecule is O=C(OCC1CO1)C1CC(C(=O)OCC2CO2)CC(C(=O)C2C[C@H]2CC2CO2)C1. The van der Waals surface area contributed by atoms with Gasteiger partial charge in [0.2, 0.25) is 0 Å². The molecule has 3 saturated heterocycles. The number of esters is 2. The first-order chi connectivity index (χ1) is 14.1. The van der Waals surface area contributed by atoms with Crippen molar-refractivity contribution in [3.05, 3.63) is 0 Å². The van der Waals surface area contributed by atoms with Gasteiger partial charge in [-0.15, -0.1) is 0 Å². The Morgan fingerprint density at radius 2 is 1.17 bits per heavy atom. The maximum absolute atomic E-state index is 13.1. The predicted molar refractivity (Wildman–Crippen MR) is 96.7 cm³/mol. The number of carbonyl (C=O) groups excluding carboxylic acids is 3. The number of hydrogen-bond acceptors (Lipinski definition) is 8. The van der Waals surface area contributed by atoms with Crippen molar-refractivity contribution in [2.45, 2.75) is 50.4 Å². The van der Waals surface area contributed by atoms with E-state index in [1.54, 1.807) is 0 Å². The van der Waals surface area contributed by atoms with Crippen LogP contribution in [-0.4, -0.2) is 69.1 Å². The van der Waals surface area contributed by atoms with Crippen LogP contribution < -0.4 is 0 Å². The Labute approximate surface area is 169 Å². The summed E-state index contributed by atoms with van der Waals surface area (Å²) in [5.74, 6) is -1.21. The topological polar surface area (TPSA) is 107 Å². The van der Waals surface area contributed by atoms with Gasteiger partial charge in [-0.25, -0.2) is 0 Å². The average Bonchev–Trinajstić information content (AvgIpc) is 3.55. The largest absolute Gasteiger partial charge is 0.463 e. The highest BCUT2D eigenvalue weighted by molar-refractivity contribution is 5.88. The zero-order chi connectivity index (χ0) is 20.0. The second-order valence-electron chi connectivity index (χ2n) is 9.16. The Balaban J connectivity index is 1.20. The van der Waals surface area contributed by atoms with Crippen molar-refractivity contribution in [1.82, 2.24) is 0 Å². The first-order valence-electron chi connectivity index (χ1n) is 10.8. The van der Waals surface area contributed by atoms with E-state index in [-0.39, 0.29) is 55.0 Å². The Kier molecular flexibility index (Phi) is 5.34. The maximum atomic E-state index is 13.1. The van der Waals surface area contributed by atoms with E-state index in [1.165, 1.54) is 0 Å². The van der Waals surface area contributed by atoms with Crippen molar-refractivity contribution in [2.75, 3.05) is 33.0 Å². The summed E-state index contributed by atoms with van der Waals surface area (Å²) in [6.45, 7) is 2.52. The van der Waals surface area contributed by atoms with Crippen molar-refractivity contribution in [3.63, 3.8) is 0 Å². The molecule has 0 aromatic rings. The lowest BCUT2D eigenvalue weighted by Gasteiger charge is -2.32. The normalized spacial score (nSPS) is 41.9. The Morgan fingerprint density at radius 1 is 0.690 bits per heavy atom. The lowest BCUT2D eigenvalue weighted by molar-refractivity contribution is -0.157. The van der Waals surface area contributed by atoms with Gasteiger partial charge in [0, 0.05) is 11.8 Å². The summed E-state index contributed by atoms with van der Waals surface area (Å²) in [5, 5.41) is 0. The van der Waals surface area contributed by atoms with Gasteiger partial charge in [0.05, 0.1) is 37.8 Å². The van der Waals surface area contributed by atoms with Crippen LogP contribution in [0.1, 0.15) is 32.1 Å². The molecule has 0 bridgehead atoms. The molecule has 2 saturated carbocycles. The third-order valence-corrected chi connectivity index (χ3v) is 6.66. The van der Waals surface area contributed by atoms with E-state index in [4.69, 9.17) is 23.7 Å². The standard InChI is InChI=1S/C21H28O8/c22-19(18-5-11(18)4-15-6-25-15)12-1-13(20(23)28-9-16-7-26-16)3-14(2-12)21(24)29-10-17-8-27-17/h11-18H,1-10H2/t11-,12?,13?,14?,15?,16?,17?,18?/m1/s1. The maximum Gasteiger partial charge on any atom is 0.309 e. The highest BCUT2D eigenvalue weighted by atomic mass is 16.6. The lowest BCUT2D eigenvalue weighted by Crippen LogP contribution is -2.37. The lowest BCUT2D eigenvalue weighted by atomic mass is 9.72. The van der Waals surface area contributed by atoms with Crippen LogP contribution in [-0.2, 0) is 38.1 Å². The van der Waals surface area contributed by atoms with Crippen molar-refractivity contribution in [2.24, 2.45) is 29.6 Å². The van der Waals surface area contributed by atoms with Crippen molar-refractivity contribution >= 4 is 17.7 Å². The molecule has 0 radical (unpaired) electrons. The number of Topliss-reactive ketones (excluding diaryl/α,β-unsaturated/α-hetero) is 1. The van der Waals surface area contributed by atoms with E-state index in [1.807, 2.05) is 0 Å². The monoisotopic (exact) mass is 408 g/mol. The molecule has 8 heteroatoms. The fraction of sp³-hybridized carbons (Fsp3) is 0.857. The molecule has 0 aromatic heterocycles. The molecule has 0 spiro atoms. The van der Waals surface area contributed by atoms with Gasteiger partial charge in [0.15, 0.2) is 0 Å². The quantitative estimate of drug-likeness (QED) is 0.388. The first kappa shape index (κ1) is 19.5. The van der Waals surface area contributed by atoms with Crippen LogP contribution in [0.3, 0.4) is 0 Å². The van der Waals surface area contributed by atoms with Crippen LogP contribution in [0.15, 0.2) is 0 Å². The summed E-state index contributed by atoms with van der Waals surface area (Å²) in [4.78, 5) is 38.2. The first-order valence-corrected chi connectivity index (χ1v) is 10.8. The molecule has 7 atom stereocenters. The van der Waals surface area contributed by atoms with Crippen LogP contribution in [0.5, 0.6) is 0 Å². The number of ether oxygens (including phenoxy) is 5. The fourth-order valence-electron chi connectivity index (χ4n) is 4.55. The van der Waals surface area contributed by atoms with Crippen LogP contribution in [0.4, 0.5) is 0 Å². The molecular weight excluding hydrogens is 380 g/mol. The summed E-state index contributed by atoms with van der Waals surface area (Å²) in [7, 11) is 0. The van der Waals surface area contributed by atoms with Gasteiger partial charge >= 0.3 is 11.9 Å². The second kappa shape index (κ2) is 7.96. The van der Waals surface area contributed by atoms with Gasteiger partial charge in [-0.3, -0.25) is 14.4 Å². The molecule has 5 aliphatic rings. The van der Waals surface area contributed by atoms with E-state index in [9.17, 15) is 14.4 Å². The summed E-state index contributed by atoms with van der Waals surface area (Å²) < 4.78 is 26.2. The van der Waals surface area contributed by atoms with Crippen molar-refractivity contribution in [1.29, 1.82) is 0 Å². The molecule has 0 aromatic carbocycles. The molecule has 6 unspecified atom stereocenters.